The molecule has 3 rings (SSSR count). The molecule has 0 aromatic heterocycles. The van der Waals surface area contributed by atoms with E-state index in [-0.39, 0.29) is 17.6 Å². The topological polar surface area (TPSA) is 98.2 Å². The monoisotopic (exact) mass is 430 g/mol. The van der Waals surface area contributed by atoms with Crippen LogP contribution in [0.5, 0.6) is 0 Å². The van der Waals surface area contributed by atoms with Crippen LogP contribution in [0.3, 0.4) is 0 Å². The summed E-state index contributed by atoms with van der Waals surface area (Å²) in [6, 6.07) is 16.9. The van der Waals surface area contributed by atoms with Crippen molar-refractivity contribution < 1.29 is 29.0 Å². The lowest BCUT2D eigenvalue weighted by molar-refractivity contribution is -0.159. The molecule has 1 unspecified atom stereocenters. The summed E-state index contributed by atoms with van der Waals surface area (Å²) < 4.78 is 13.9. The summed E-state index contributed by atoms with van der Waals surface area (Å²) in [4.78, 5) is 35.0. The predicted molar refractivity (Wildman–Crippen MR) is 113 cm³/mol. The summed E-state index contributed by atoms with van der Waals surface area (Å²) in [7, 11) is 1.87. The molecule has 7 nitrogen and oxygen atoms in total. The van der Waals surface area contributed by atoms with Crippen LogP contribution in [0, 0.1) is 11.7 Å². The van der Waals surface area contributed by atoms with E-state index in [1.54, 1.807) is 6.07 Å². The number of likely N-dealkylation sites (tertiary alicyclic amines) is 1. The first-order chi connectivity index (χ1) is 14.8. The Bertz CT molecular complexity index is 879. The fourth-order valence-electron chi connectivity index (χ4n) is 3.52. The zero-order valence-electron chi connectivity index (χ0n) is 17.4. The molecule has 1 heterocycles. The van der Waals surface area contributed by atoms with E-state index in [2.05, 4.69) is 4.90 Å². The lowest BCUT2D eigenvalue weighted by atomic mass is 9.96. The van der Waals surface area contributed by atoms with Gasteiger partial charge in [0.2, 0.25) is 5.91 Å². The second-order valence-corrected chi connectivity index (χ2v) is 7.46. The van der Waals surface area contributed by atoms with Gasteiger partial charge >= 0.3 is 11.9 Å². The minimum Gasteiger partial charge on any atom is -0.473 e. The summed E-state index contributed by atoms with van der Waals surface area (Å²) in [5.74, 6) is -3.64. The highest BCUT2D eigenvalue weighted by molar-refractivity contribution is 6.27. The zero-order chi connectivity index (χ0) is 22.8. The number of amides is 1. The largest absolute Gasteiger partial charge is 0.473 e. The Labute approximate surface area is 180 Å². The molecule has 0 saturated carbocycles. The molecule has 1 saturated heterocycles. The van der Waals surface area contributed by atoms with E-state index in [1.807, 2.05) is 54.4 Å². The molecule has 31 heavy (non-hydrogen) atoms. The van der Waals surface area contributed by atoms with Crippen molar-refractivity contribution in [2.75, 3.05) is 20.1 Å². The molecule has 0 aliphatic carbocycles. The number of rotatable bonds is 5. The summed E-state index contributed by atoms with van der Waals surface area (Å²) in [5.41, 5.74) is 1.84. The van der Waals surface area contributed by atoms with Gasteiger partial charge in [0, 0.05) is 32.2 Å². The van der Waals surface area contributed by atoms with Crippen molar-refractivity contribution in [3.05, 3.63) is 71.5 Å². The maximum absolute atomic E-state index is 13.9. The van der Waals surface area contributed by atoms with Crippen molar-refractivity contribution in [1.82, 2.24) is 9.80 Å². The number of halogens is 1. The maximum atomic E-state index is 13.9. The van der Waals surface area contributed by atoms with Crippen LogP contribution in [0.15, 0.2) is 54.6 Å². The van der Waals surface area contributed by atoms with E-state index in [9.17, 15) is 9.18 Å². The van der Waals surface area contributed by atoms with Crippen LogP contribution in [-0.4, -0.2) is 58.0 Å². The Kier molecular flexibility index (Phi) is 9.14. The first-order valence-electron chi connectivity index (χ1n) is 9.98. The molecule has 2 N–H and O–H groups in total. The van der Waals surface area contributed by atoms with Crippen molar-refractivity contribution in [3.63, 3.8) is 0 Å². The minimum atomic E-state index is -1.82. The minimum absolute atomic E-state index is 0.00534. The van der Waals surface area contributed by atoms with E-state index in [0.717, 1.165) is 24.9 Å². The van der Waals surface area contributed by atoms with Crippen LogP contribution in [0.1, 0.15) is 24.0 Å². The highest BCUT2D eigenvalue weighted by Gasteiger charge is 2.28. The molecule has 1 fully saturated rings. The zero-order valence-corrected chi connectivity index (χ0v) is 17.4. The van der Waals surface area contributed by atoms with Crippen LogP contribution in [0.25, 0.3) is 0 Å². The third kappa shape index (κ3) is 7.82. The summed E-state index contributed by atoms with van der Waals surface area (Å²) in [6.45, 7) is 2.81. The smallest absolute Gasteiger partial charge is 0.414 e. The quantitative estimate of drug-likeness (QED) is 0.708. The van der Waals surface area contributed by atoms with Gasteiger partial charge in [0.1, 0.15) is 5.82 Å². The second-order valence-electron chi connectivity index (χ2n) is 7.46. The number of carboxylic acid groups (broad SMARTS) is 2. The van der Waals surface area contributed by atoms with Gasteiger partial charge in [-0.15, -0.1) is 0 Å². The number of carbonyl (C=O) groups excluding carboxylic acids is 1. The molecule has 166 valence electrons. The first-order valence-corrected chi connectivity index (χ1v) is 9.98. The molecule has 8 heteroatoms. The van der Waals surface area contributed by atoms with Crippen molar-refractivity contribution in [1.29, 1.82) is 0 Å². The standard InChI is InChI=1S/C21H25FN2O.C2H2O4/c1-23(14-17-8-3-2-4-9-17)21(25)19-11-7-13-24(16-19)15-18-10-5-6-12-20(18)22;3-1(4)2(5)6/h2-6,8-10,12,19H,7,11,13-16H2,1H3;(H,3,4)(H,5,6). The Morgan fingerprint density at radius 2 is 1.65 bits per heavy atom. The third-order valence-electron chi connectivity index (χ3n) is 5.03. The van der Waals surface area contributed by atoms with E-state index in [4.69, 9.17) is 19.8 Å². The van der Waals surface area contributed by atoms with Gasteiger partial charge in [-0.3, -0.25) is 9.69 Å². The van der Waals surface area contributed by atoms with Crippen molar-refractivity contribution in [3.8, 4) is 0 Å². The maximum Gasteiger partial charge on any atom is 0.414 e. The number of benzene rings is 2. The van der Waals surface area contributed by atoms with E-state index < -0.39 is 11.9 Å². The van der Waals surface area contributed by atoms with Gasteiger partial charge in [0.15, 0.2) is 0 Å². The first kappa shape index (κ1) is 24.0. The number of piperidine rings is 1. The molecule has 0 bridgehead atoms. The van der Waals surface area contributed by atoms with E-state index >= 15 is 0 Å². The van der Waals surface area contributed by atoms with Gasteiger partial charge in [0.05, 0.1) is 5.92 Å². The van der Waals surface area contributed by atoms with Gasteiger partial charge in [-0.2, -0.15) is 0 Å². The summed E-state index contributed by atoms with van der Waals surface area (Å²) >= 11 is 0. The fraction of sp³-hybridized carbons (Fsp3) is 0.348. The van der Waals surface area contributed by atoms with Crippen LogP contribution in [-0.2, 0) is 27.5 Å². The van der Waals surface area contributed by atoms with Crippen molar-refractivity contribution in [2.24, 2.45) is 5.92 Å². The third-order valence-corrected chi connectivity index (χ3v) is 5.03. The molecule has 2 aromatic carbocycles. The highest BCUT2D eigenvalue weighted by atomic mass is 19.1. The van der Waals surface area contributed by atoms with Crippen LogP contribution >= 0.6 is 0 Å². The molecular formula is C23H27FN2O5. The molecule has 1 amide bonds. The second kappa shape index (κ2) is 11.8. The predicted octanol–water partition coefficient (Wildman–Crippen LogP) is 2.85. The molecule has 2 aromatic rings. The average Bonchev–Trinajstić information content (AvgIpc) is 2.76. The van der Waals surface area contributed by atoms with Gasteiger partial charge in [-0.25, -0.2) is 14.0 Å². The summed E-state index contributed by atoms with van der Waals surface area (Å²) in [5, 5.41) is 14.8. The molecule has 1 aliphatic rings. The van der Waals surface area contributed by atoms with Crippen molar-refractivity contribution >= 4 is 17.8 Å². The molecule has 0 radical (unpaired) electrons. The number of hydrogen-bond acceptors (Lipinski definition) is 4. The molecule has 1 atom stereocenters. The van der Waals surface area contributed by atoms with Gasteiger partial charge in [0.25, 0.3) is 0 Å². The lowest BCUT2D eigenvalue weighted by Gasteiger charge is -2.34. The van der Waals surface area contributed by atoms with Crippen LogP contribution in [0.4, 0.5) is 4.39 Å². The number of nitrogens with zero attached hydrogens (tertiary/aromatic N) is 2. The lowest BCUT2D eigenvalue weighted by Crippen LogP contribution is -2.43. The Morgan fingerprint density at radius 1 is 1.03 bits per heavy atom. The van der Waals surface area contributed by atoms with E-state index in [0.29, 0.717) is 25.2 Å². The number of carboxylic acids is 2. The van der Waals surface area contributed by atoms with Gasteiger partial charge in [-0.05, 0) is 31.0 Å². The van der Waals surface area contributed by atoms with Crippen LogP contribution in [0.2, 0.25) is 0 Å². The molecule has 0 spiro atoms. The normalized spacial score (nSPS) is 16.0. The number of carbonyl (C=O) groups is 3. The number of hydrogen-bond donors (Lipinski definition) is 2. The SMILES string of the molecule is CN(Cc1ccccc1)C(=O)C1CCCN(Cc2ccccc2F)C1.O=C(O)C(=O)O. The Morgan fingerprint density at radius 3 is 2.26 bits per heavy atom. The molecular weight excluding hydrogens is 403 g/mol. The van der Waals surface area contributed by atoms with Gasteiger partial charge in [-0.1, -0.05) is 48.5 Å². The fourth-order valence-corrected chi connectivity index (χ4v) is 3.52. The molecule has 1 aliphatic heterocycles. The Balaban J connectivity index is 0.000000501. The average molecular weight is 430 g/mol. The van der Waals surface area contributed by atoms with E-state index in [1.165, 1.54) is 6.07 Å². The highest BCUT2D eigenvalue weighted by Crippen LogP contribution is 2.21. The number of aliphatic carboxylic acids is 2. The van der Waals surface area contributed by atoms with Crippen molar-refractivity contribution in [2.45, 2.75) is 25.9 Å². The van der Waals surface area contributed by atoms with Crippen LogP contribution < -0.4 is 0 Å². The summed E-state index contributed by atoms with van der Waals surface area (Å²) in [6.07, 6.45) is 1.88. The van der Waals surface area contributed by atoms with Gasteiger partial charge < -0.3 is 15.1 Å². The Hall–Kier alpha value is -3.26.